The number of aromatic amines is 2. The van der Waals surface area contributed by atoms with E-state index in [9.17, 15) is 0 Å². The third-order valence-electron chi connectivity index (χ3n) is 5.53. The molecule has 3 N–H and O–H groups in total. The van der Waals surface area contributed by atoms with Crippen molar-refractivity contribution in [2.75, 3.05) is 5.32 Å². The Morgan fingerprint density at radius 2 is 1.82 bits per heavy atom. The summed E-state index contributed by atoms with van der Waals surface area (Å²) in [4.78, 5) is 17.0. The fourth-order valence-electron chi connectivity index (χ4n) is 4.08. The Morgan fingerprint density at radius 3 is 2.67 bits per heavy atom. The van der Waals surface area contributed by atoms with Crippen LogP contribution in [0.25, 0.3) is 55.7 Å². The third kappa shape index (κ3) is 3.41. The molecule has 0 radical (unpaired) electrons. The second kappa shape index (κ2) is 7.59. The van der Waals surface area contributed by atoms with Gasteiger partial charge in [-0.2, -0.15) is 5.10 Å². The standard InChI is InChI=1S/C25H21N7O/c1-14(2)29-17-7-16(10-26-11-17)21-8-19-23(12-28-21)31-32-25(19)22-9-18-20(30-22)3-5-27-24(18)15-4-6-33-13-15/h3-14,29-30H,1-2H3,(H,31,32). The Morgan fingerprint density at radius 1 is 0.909 bits per heavy atom. The SMILES string of the molecule is CC(C)Nc1cncc(-c2cc3c(-c4cc5c(-c6ccoc6)nccc5[nH]4)n[nH]c3cn2)c1. The Balaban J connectivity index is 1.45. The quantitative estimate of drug-likeness (QED) is 0.323. The van der Waals surface area contributed by atoms with Crippen LogP contribution in [0.4, 0.5) is 5.69 Å². The number of pyridine rings is 3. The minimum Gasteiger partial charge on any atom is -0.472 e. The fraction of sp³-hybridized carbons (Fsp3) is 0.120. The Hall–Kier alpha value is -4.46. The van der Waals surface area contributed by atoms with Crippen molar-refractivity contribution in [3.05, 3.63) is 67.6 Å². The molecular weight excluding hydrogens is 414 g/mol. The van der Waals surface area contributed by atoms with Crippen LogP contribution in [0, 0.1) is 0 Å². The van der Waals surface area contributed by atoms with Gasteiger partial charge >= 0.3 is 0 Å². The molecule has 0 bridgehead atoms. The van der Waals surface area contributed by atoms with Crippen LogP contribution in [0.2, 0.25) is 0 Å². The van der Waals surface area contributed by atoms with Crippen molar-refractivity contribution in [2.45, 2.75) is 19.9 Å². The van der Waals surface area contributed by atoms with Gasteiger partial charge < -0.3 is 14.7 Å². The molecule has 6 heterocycles. The van der Waals surface area contributed by atoms with E-state index in [4.69, 9.17) is 4.42 Å². The van der Waals surface area contributed by atoms with Crippen molar-refractivity contribution >= 4 is 27.5 Å². The van der Waals surface area contributed by atoms with Gasteiger partial charge in [0.2, 0.25) is 0 Å². The summed E-state index contributed by atoms with van der Waals surface area (Å²) in [5, 5.41) is 13.1. The van der Waals surface area contributed by atoms with E-state index in [2.05, 4.69) is 61.4 Å². The molecule has 6 aromatic rings. The highest BCUT2D eigenvalue weighted by atomic mass is 16.3. The Kier molecular flexibility index (Phi) is 4.43. The van der Waals surface area contributed by atoms with E-state index in [1.165, 1.54) is 0 Å². The number of aromatic nitrogens is 6. The maximum atomic E-state index is 5.26. The minimum absolute atomic E-state index is 0.321. The first-order chi connectivity index (χ1) is 16.2. The first-order valence-electron chi connectivity index (χ1n) is 10.7. The molecule has 162 valence electrons. The molecule has 0 spiro atoms. The number of rotatable bonds is 5. The average Bonchev–Trinajstić information content (AvgIpc) is 3.57. The highest BCUT2D eigenvalue weighted by molar-refractivity contribution is 6.00. The zero-order valence-corrected chi connectivity index (χ0v) is 18.1. The van der Waals surface area contributed by atoms with Gasteiger partial charge in [0.15, 0.2) is 0 Å². The van der Waals surface area contributed by atoms with Gasteiger partial charge in [0, 0.05) is 52.0 Å². The Labute approximate surface area is 189 Å². The molecule has 6 rings (SSSR count). The van der Waals surface area contributed by atoms with Crippen molar-refractivity contribution in [1.82, 2.24) is 30.1 Å². The first-order valence-corrected chi connectivity index (χ1v) is 10.7. The number of hydrogen-bond donors (Lipinski definition) is 3. The van der Waals surface area contributed by atoms with Crippen LogP contribution in [0.3, 0.4) is 0 Å². The average molecular weight is 435 g/mol. The fourth-order valence-corrected chi connectivity index (χ4v) is 4.08. The summed E-state index contributed by atoms with van der Waals surface area (Å²) < 4.78 is 5.26. The van der Waals surface area contributed by atoms with Crippen molar-refractivity contribution < 1.29 is 4.42 Å². The monoisotopic (exact) mass is 435 g/mol. The van der Waals surface area contributed by atoms with Crippen molar-refractivity contribution in [1.29, 1.82) is 0 Å². The van der Waals surface area contributed by atoms with Gasteiger partial charge in [0.05, 0.1) is 47.0 Å². The molecular formula is C25H21N7O. The second-order valence-corrected chi connectivity index (χ2v) is 8.26. The summed E-state index contributed by atoms with van der Waals surface area (Å²) in [5.74, 6) is 0. The van der Waals surface area contributed by atoms with Gasteiger partial charge in [-0.15, -0.1) is 0 Å². The van der Waals surface area contributed by atoms with Crippen LogP contribution >= 0.6 is 0 Å². The number of anilines is 1. The summed E-state index contributed by atoms with van der Waals surface area (Å²) in [5.41, 5.74) is 8.13. The Bertz CT molecular complexity index is 1580. The number of fused-ring (bicyclic) bond motifs is 2. The van der Waals surface area contributed by atoms with Crippen LogP contribution in [0.5, 0.6) is 0 Å². The van der Waals surface area contributed by atoms with Gasteiger partial charge in [0.1, 0.15) is 5.69 Å². The lowest BCUT2D eigenvalue weighted by Crippen LogP contribution is -2.09. The molecule has 33 heavy (non-hydrogen) atoms. The molecule has 0 saturated heterocycles. The molecule has 0 saturated carbocycles. The van der Waals surface area contributed by atoms with E-state index >= 15 is 0 Å². The molecule has 6 aromatic heterocycles. The maximum Gasteiger partial charge on any atom is 0.116 e. The normalized spacial score (nSPS) is 11.6. The lowest BCUT2D eigenvalue weighted by molar-refractivity contribution is 0.568. The van der Waals surface area contributed by atoms with Gasteiger partial charge in [0.25, 0.3) is 0 Å². The predicted molar refractivity (Wildman–Crippen MR) is 129 cm³/mol. The van der Waals surface area contributed by atoms with Crippen LogP contribution in [-0.4, -0.2) is 36.2 Å². The maximum absolute atomic E-state index is 5.26. The van der Waals surface area contributed by atoms with Crippen molar-refractivity contribution in [3.63, 3.8) is 0 Å². The molecule has 0 aliphatic heterocycles. The lowest BCUT2D eigenvalue weighted by Gasteiger charge is -2.10. The summed E-state index contributed by atoms with van der Waals surface area (Å²) in [6, 6.07) is 10.4. The number of furan rings is 1. The number of nitrogens with zero attached hydrogens (tertiary/aromatic N) is 4. The van der Waals surface area contributed by atoms with Gasteiger partial charge in [-0.3, -0.25) is 20.1 Å². The number of hydrogen-bond acceptors (Lipinski definition) is 6. The summed E-state index contributed by atoms with van der Waals surface area (Å²) in [7, 11) is 0. The predicted octanol–water partition coefficient (Wildman–Crippen LogP) is 5.64. The highest BCUT2D eigenvalue weighted by Crippen LogP contribution is 2.34. The largest absolute Gasteiger partial charge is 0.472 e. The zero-order valence-electron chi connectivity index (χ0n) is 18.1. The highest BCUT2D eigenvalue weighted by Gasteiger charge is 2.16. The van der Waals surface area contributed by atoms with Gasteiger partial charge in [-0.25, -0.2) is 0 Å². The smallest absolute Gasteiger partial charge is 0.116 e. The van der Waals surface area contributed by atoms with Crippen LogP contribution in [0.1, 0.15) is 13.8 Å². The summed E-state index contributed by atoms with van der Waals surface area (Å²) in [6.07, 6.45) is 10.6. The third-order valence-corrected chi connectivity index (χ3v) is 5.53. The van der Waals surface area contributed by atoms with E-state index in [1.807, 2.05) is 36.8 Å². The van der Waals surface area contributed by atoms with Crippen LogP contribution in [-0.2, 0) is 0 Å². The molecule has 0 atom stereocenters. The molecule has 0 fully saturated rings. The van der Waals surface area contributed by atoms with E-state index in [0.717, 1.165) is 61.4 Å². The molecule has 0 aliphatic carbocycles. The van der Waals surface area contributed by atoms with E-state index in [0.29, 0.717) is 6.04 Å². The lowest BCUT2D eigenvalue weighted by atomic mass is 10.1. The molecule has 0 aliphatic rings. The van der Waals surface area contributed by atoms with Crippen molar-refractivity contribution in [3.8, 4) is 33.9 Å². The topological polar surface area (TPSA) is 108 Å². The summed E-state index contributed by atoms with van der Waals surface area (Å²) >= 11 is 0. The van der Waals surface area contributed by atoms with Gasteiger partial charge in [-0.1, -0.05) is 0 Å². The molecule has 0 aromatic carbocycles. The van der Waals surface area contributed by atoms with E-state index in [1.54, 1.807) is 18.7 Å². The number of H-pyrrole nitrogens is 2. The van der Waals surface area contributed by atoms with Crippen LogP contribution in [0.15, 0.2) is 72.1 Å². The second-order valence-electron chi connectivity index (χ2n) is 8.26. The molecule has 0 amide bonds. The molecule has 8 nitrogen and oxygen atoms in total. The van der Waals surface area contributed by atoms with Gasteiger partial charge in [-0.05, 0) is 44.2 Å². The van der Waals surface area contributed by atoms with Crippen LogP contribution < -0.4 is 5.32 Å². The molecule has 0 unspecified atom stereocenters. The minimum atomic E-state index is 0.321. The molecule has 8 heteroatoms. The van der Waals surface area contributed by atoms with E-state index < -0.39 is 0 Å². The van der Waals surface area contributed by atoms with Crippen molar-refractivity contribution in [2.24, 2.45) is 0 Å². The first kappa shape index (κ1) is 19.2. The number of nitrogens with one attached hydrogen (secondary N) is 3. The van der Waals surface area contributed by atoms with E-state index in [-0.39, 0.29) is 0 Å². The summed E-state index contributed by atoms with van der Waals surface area (Å²) in [6.45, 7) is 4.20. The zero-order chi connectivity index (χ0) is 22.4.